The first kappa shape index (κ1) is 15.9. The fourth-order valence-electron chi connectivity index (χ4n) is 2.32. The first-order valence-electron chi connectivity index (χ1n) is 6.71. The largest absolute Gasteiger partial charge is 0.297 e. The van der Waals surface area contributed by atoms with Crippen molar-refractivity contribution < 1.29 is 0 Å². The summed E-state index contributed by atoms with van der Waals surface area (Å²) in [5.41, 5.74) is 0.286. The molecule has 0 atom stereocenters. The molecular formula is C14H32N2. The molecule has 0 aromatic carbocycles. The quantitative estimate of drug-likeness (QED) is 0.689. The molecule has 0 saturated heterocycles. The fraction of sp³-hybridized carbons (Fsp3) is 1.00. The van der Waals surface area contributed by atoms with Crippen LogP contribution >= 0.6 is 0 Å². The molecule has 0 radical (unpaired) electrons. The van der Waals surface area contributed by atoms with Gasteiger partial charge in [0.25, 0.3) is 0 Å². The highest BCUT2D eigenvalue weighted by Gasteiger charge is 2.21. The lowest BCUT2D eigenvalue weighted by Gasteiger charge is -2.38. The van der Waals surface area contributed by atoms with Crippen molar-refractivity contribution in [3.05, 3.63) is 0 Å². The topological polar surface area (TPSA) is 6.48 Å². The number of nitrogens with zero attached hydrogens (tertiary/aromatic N) is 2. The summed E-state index contributed by atoms with van der Waals surface area (Å²) in [5.74, 6) is 0. The van der Waals surface area contributed by atoms with E-state index in [9.17, 15) is 0 Å². The lowest BCUT2D eigenvalue weighted by molar-refractivity contribution is 0.0971. The Morgan fingerprint density at radius 3 is 1.56 bits per heavy atom. The van der Waals surface area contributed by atoms with Crippen LogP contribution in [0.25, 0.3) is 0 Å². The zero-order valence-corrected chi connectivity index (χ0v) is 12.7. The zero-order valence-electron chi connectivity index (χ0n) is 12.7. The molecule has 0 aromatic rings. The maximum Gasteiger partial charge on any atom is 0.0125 e. The third-order valence-corrected chi connectivity index (χ3v) is 3.29. The zero-order chi connectivity index (χ0) is 12.9. The van der Waals surface area contributed by atoms with Crippen molar-refractivity contribution in [3.63, 3.8) is 0 Å². The Hall–Kier alpha value is -0.0800. The molecule has 0 rings (SSSR count). The van der Waals surface area contributed by atoms with Crippen molar-refractivity contribution in [3.8, 4) is 0 Å². The highest BCUT2D eigenvalue weighted by atomic mass is 15.2. The van der Waals surface area contributed by atoms with Gasteiger partial charge in [-0.05, 0) is 55.0 Å². The second kappa shape index (κ2) is 6.61. The van der Waals surface area contributed by atoms with Crippen molar-refractivity contribution in [2.45, 2.75) is 73.0 Å². The van der Waals surface area contributed by atoms with Gasteiger partial charge in [0.1, 0.15) is 0 Å². The van der Waals surface area contributed by atoms with Crippen LogP contribution in [0, 0.1) is 0 Å². The van der Waals surface area contributed by atoms with Crippen LogP contribution in [0.2, 0.25) is 0 Å². The Labute approximate surface area is 103 Å². The van der Waals surface area contributed by atoms with Crippen LogP contribution < -0.4 is 0 Å². The first-order valence-corrected chi connectivity index (χ1v) is 6.71. The summed E-state index contributed by atoms with van der Waals surface area (Å²) < 4.78 is 0. The third kappa shape index (κ3) is 5.31. The molecule has 0 aliphatic carbocycles. The van der Waals surface area contributed by atoms with Gasteiger partial charge in [-0.15, -0.1) is 0 Å². The van der Waals surface area contributed by atoms with E-state index in [0.717, 1.165) is 13.1 Å². The van der Waals surface area contributed by atoms with E-state index >= 15 is 0 Å². The Morgan fingerprint density at radius 1 is 0.875 bits per heavy atom. The van der Waals surface area contributed by atoms with E-state index in [2.05, 4.69) is 65.2 Å². The van der Waals surface area contributed by atoms with E-state index in [4.69, 9.17) is 0 Å². The highest BCUT2D eigenvalue weighted by Crippen LogP contribution is 2.13. The van der Waals surface area contributed by atoms with Crippen LogP contribution in [-0.4, -0.2) is 47.1 Å². The summed E-state index contributed by atoms with van der Waals surface area (Å²) in [6, 6.07) is 1.28. The van der Waals surface area contributed by atoms with Gasteiger partial charge in [0.15, 0.2) is 0 Å². The van der Waals surface area contributed by atoms with E-state index in [0.29, 0.717) is 12.1 Å². The standard InChI is InChI=1S/C14H32N2/c1-9-15(14(6,7)8)10-11-16(12(2)3)13(4)5/h12-13H,9-11H2,1-8H3. The summed E-state index contributed by atoms with van der Waals surface area (Å²) in [6.07, 6.45) is 0. The molecule has 0 amide bonds. The van der Waals surface area contributed by atoms with E-state index in [1.807, 2.05) is 0 Å². The molecule has 0 heterocycles. The molecule has 16 heavy (non-hydrogen) atoms. The molecule has 0 N–H and O–H groups in total. The molecule has 0 spiro atoms. The van der Waals surface area contributed by atoms with Gasteiger partial charge in [-0.3, -0.25) is 9.80 Å². The highest BCUT2D eigenvalue weighted by molar-refractivity contribution is 4.77. The van der Waals surface area contributed by atoms with Gasteiger partial charge in [0.05, 0.1) is 0 Å². The molecular weight excluding hydrogens is 196 g/mol. The molecule has 0 unspecified atom stereocenters. The maximum atomic E-state index is 2.56. The van der Waals surface area contributed by atoms with Gasteiger partial charge in [-0.2, -0.15) is 0 Å². The number of rotatable bonds is 6. The molecule has 98 valence electrons. The third-order valence-electron chi connectivity index (χ3n) is 3.29. The van der Waals surface area contributed by atoms with E-state index < -0.39 is 0 Å². The number of hydrogen-bond donors (Lipinski definition) is 0. The van der Waals surface area contributed by atoms with Crippen LogP contribution in [0.4, 0.5) is 0 Å². The SMILES string of the molecule is CCN(CCN(C(C)C)C(C)C)C(C)(C)C. The van der Waals surface area contributed by atoms with Gasteiger partial charge in [0, 0.05) is 30.7 Å². The minimum Gasteiger partial charge on any atom is -0.297 e. The van der Waals surface area contributed by atoms with Crippen molar-refractivity contribution in [2.75, 3.05) is 19.6 Å². The Balaban J connectivity index is 4.28. The lowest BCUT2D eigenvalue weighted by Crippen LogP contribution is -2.48. The number of likely N-dealkylation sites (N-methyl/N-ethyl adjacent to an activating group) is 1. The Morgan fingerprint density at radius 2 is 1.31 bits per heavy atom. The Bertz CT molecular complexity index is 170. The molecule has 0 aliphatic heterocycles. The second-order valence-electron chi connectivity index (χ2n) is 6.18. The van der Waals surface area contributed by atoms with Gasteiger partial charge in [-0.25, -0.2) is 0 Å². The smallest absolute Gasteiger partial charge is 0.0125 e. The van der Waals surface area contributed by atoms with Gasteiger partial charge in [0.2, 0.25) is 0 Å². The first-order chi connectivity index (χ1) is 7.20. The van der Waals surface area contributed by atoms with Gasteiger partial charge < -0.3 is 0 Å². The monoisotopic (exact) mass is 228 g/mol. The average Bonchev–Trinajstić information content (AvgIpc) is 2.08. The summed E-state index contributed by atoms with van der Waals surface area (Å²) in [5, 5.41) is 0. The van der Waals surface area contributed by atoms with Crippen LogP contribution in [-0.2, 0) is 0 Å². The van der Waals surface area contributed by atoms with Crippen molar-refractivity contribution in [2.24, 2.45) is 0 Å². The lowest BCUT2D eigenvalue weighted by atomic mass is 10.1. The Kier molecular flexibility index (Phi) is 6.57. The maximum absolute atomic E-state index is 2.56. The average molecular weight is 228 g/mol. The van der Waals surface area contributed by atoms with Crippen molar-refractivity contribution in [1.29, 1.82) is 0 Å². The summed E-state index contributed by atoms with van der Waals surface area (Å²) >= 11 is 0. The van der Waals surface area contributed by atoms with Crippen LogP contribution in [0.5, 0.6) is 0 Å². The van der Waals surface area contributed by atoms with E-state index in [1.165, 1.54) is 6.54 Å². The van der Waals surface area contributed by atoms with Gasteiger partial charge >= 0.3 is 0 Å². The second-order valence-corrected chi connectivity index (χ2v) is 6.18. The predicted molar refractivity (Wildman–Crippen MR) is 74.0 cm³/mol. The predicted octanol–water partition coefficient (Wildman–Crippen LogP) is 3.23. The molecule has 0 aliphatic rings. The van der Waals surface area contributed by atoms with Gasteiger partial charge in [-0.1, -0.05) is 6.92 Å². The number of hydrogen-bond acceptors (Lipinski definition) is 2. The van der Waals surface area contributed by atoms with E-state index in [-0.39, 0.29) is 5.54 Å². The van der Waals surface area contributed by atoms with Crippen molar-refractivity contribution in [1.82, 2.24) is 9.80 Å². The summed E-state index contributed by atoms with van der Waals surface area (Å²) in [6.45, 7) is 21.7. The molecule has 2 nitrogen and oxygen atoms in total. The van der Waals surface area contributed by atoms with Crippen LogP contribution in [0.1, 0.15) is 55.4 Å². The molecule has 2 heteroatoms. The van der Waals surface area contributed by atoms with Crippen LogP contribution in [0.15, 0.2) is 0 Å². The summed E-state index contributed by atoms with van der Waals surface area (Å²) in [7, 11) is 0. The van der Waals surface area contributed by atoms with E-state index in [1.54, 1.807) is 0 Å². The minimum atomic E-state index is 0.286. The molecule has 0 bridgehead atoms. The van der Waals surface area contributed by atoms with Crippen molar-refractivity contribution >= 4 is 0 Å². The molecule has 0 aromatic heterocycles. The van der Waals surface area contributed by atoms with Crippen LogP contribution in [0.3, 0.4) is 0 Å². The molecule has 0 saturated carbocycles. The fourth-order valence-corrected chi connectivity index (χ4v) is 2.32. The molecule has 0 fully saturated rings. The summed E-state index contributed by atoms with van der Waals surface area (Å²) in [4.78, 5) is 5.11. The normalized spacial score (nSPS) is 13.5. The minimum absolute atomic E-state index is 0.286.